The van der Waals surface area contributed by atoms with Crippen molar-refractivity contribution in [2.75, 3.05) is 11.9 Å². The molecule has 2 aromatic rings. The molecule has 3 rings (SSSR count). The molecule has 2 heterocycles. The molecule has 1 atom stereocenters. The molecule has 0 saturated carbocycles. The third kappa shape index (κ3) is 2.65. The van der Waals surface area contributed by atoms with E-state index in [1.54, 1.807) is 12.3 Å². The van der Waals surface area contributed by atoms with E-state index in [4.69, 9.17) is 5.11 Å². The first-order valence-corrected chi connectivity index (χ1v) is 6.80. The number of carboxylic acids is 1. The molecule has 1 saturated heterocycles. The molecule has 1 fully saturated rings. The summed E-state index contributed by atoms with van der Waals surface area (Å²) in [6.07, 6.45) is 2.93. The summed E-state index contributed by atoms with van der Waals surface area (Å²) in [5.74, 6) is -0.953. The number of urea groups is 1. The minimum atomic E-state index is -0.953. The molecule has 108 valence electrons. The van der Waals surface area contributed by atoms with Gasteiger partial charge in [0.05, 0.1) is 5.52 Å². The number of anilines is 1. The van der Waals surface area contributed by atoms with E-state index in [2.05, 4.69) is 10.3 Å². The summed E-state index contributed by atoms with van der Waals surface area (Å²) in [5.41, 5.74) is 1.48. The Balaban J connectivity index is 1.78. The van der Waals surface area contributed by atoms with Gasteiger partial charge in [0.2, 0.25) is 0 Å². The van der Waals surface area contributed by atoms with Crippen molar-refractivity contribution in [3.05, 3.63) is 36.5 Å². The molecule has 2 N–H and O–H groups in total. The third-order valence-electron chi connectivity index (χ3n) is 3.65. The summed E-state index contributed by atoms with van der Waals surface area (Å²) < 4.78 is 0. The normalized spacial score (nSPS) is 17.9. The highest BCUT2D eigenvalue weighted by molar-refractivity contribution is 5.94. The minimum absolute atomic E-state index is 0.372. The lowest BCUT2D eigenvalue weighted by Gasteiger charge is -2.21. The maximum Gasteiger partial charge on any atom is 0.326 e. The number of pyridine rings is 1. The lowest BCUT2D eigenvalue weighted by atomic mass is 10.2. The van der Waals surface area contributed by atoms with Crippen LogP contribution >= 0.6 is 0 Å². The van der Waals surface area contributed by atoms with E-state index in [0.29, 0.717) is 25.1 Å². The molecule has 0 radical (unpaired) electrons. The number of likely N-dealkylation sites (tertiary alicyclic amines) is 1. The van der Waals surface area contributed by atoms with Gasteiger partial charge in [-0.1, -0.05) is 6.07 Å². The van der Waals surface area contributed by atoms with Crippen molar-refractivity contribution in [3.8, 4) is 0 Å². The molecule has 21 heavy (non-hydrogen) atoms. The first-order chi connectivity index (χ1) is 10.1. The molecular formula is C15H15N3O3. The first kappa shape index (κ1) is 13.4. The van der Waals surface area contributed by atoms with Gasteiger partial charge in [0.25, 0.3) is 0 Å². The molecular weight excluding hydrogens is 270 g/mol. The molecule has 6 nitrogen and oxygen atoms in total. The quantitative estimate of drug-likeness (QED) is 0.887. The SMILES string of the molecule is O=C(O)C1CCCN1C(=O)Nc1ccc2ncccc2c1. The molecule has 0 bridgehead atoms. The van der Waals surface area contributed by atoms with Crippen molar-refractivity contribution in [2.24, 2.45) is 0 Å². The fourth-order valence-electron chi connectivity index (χ4n) is 2.62. The molecule has 1 aliphatic rings. The topological polar surface area (TPSA) is 82.5 Å². The van der Waals surface area contributed by atoms with E-state index >= 15 is 0 Å². The number of rotatable bonds is 2. The van der Waals surface area contributed by atoms with Gasteiger partial charge < -0.3 is 15.3 Å². The number of nitrogens with zero attached hydrogens (tertiary/aromatic N) is 2. The van der Waals surface area contributed by atoms with Crippen LogP contribution in [0.4, 0.5) is 10.5 Å². The predicted molar refractivity (Wildman–Crippen MR) is 78.1 cm³/mol. The third-order valence-corrected chi connectivity index (χ3v) is 3.65. The van der Waals surface area contributed by atoms with Crippen LogP contribution in [0.1, 0.15) is 12.8 Å². The first-order valence-electron chi connectivity index (χ1n) is 6.80. The number of amides is 2. The zero-order valence-corrected chi connectivity index (χ0v) is 11.3. The Bertz CT molecular complexity index is 701. The summed E-state index contributed by atoms with van der Waals surface area (Å²) in [6, 6.07) is 8.05. The maximum atomic E-state index is 12.2. The fraction of sp³-hybridized carbons (Fsp3) is 0.267. The number of nitrogens with one attached hydrogen (secondary N) is 1. The number of hydrogen-bond acceptors (Lipinski definition) is 3. The van der Waals surface area contributed by atoms with E-state index in [0.717, 1.165) is 10.9 Å². The van der Waals surface area contributed by atoms with Gasteiger partial charge in [0.1, 0.15) is 6.04 Å². The Morgan fingerprint density at radius 2 is 2.19 bits per heavy atom. The summed E-state index contributed by atoms with van der Waals surface area (Å²) in [7, 11) is 0. The van der Waals surface area contributed by atoms with Gasteiger partial charge in [-0.15, -0.1) is 0 Å². The van der Waals surface area contributed by atoms with E-state index in [1.165, 1.54) is 4.90 Å². The van der Waals surface area contributed by atoms with Gasteiger partial charge in [-0.25, -0.2) is 9.59 Å². The number of carboxylic acid groups (broad SMARTS) is 1. The smallest absolute Gasteiger partial charge is 0.326 e. The van der Waals surface area contributed by atoms with Gasteiger partial charge >= 0.3 is 12.0 Å². The van der Waals surface area contributed by atoms with Crippen molar-refractivity contribution >= 4 is 28.6 Å². The zero-order valence-electron chi connectivity index (χ0n) is 11.3. The van der Waals surface area contributed by atoms with Crippen molar-refractivity contribution < 1.29 is 14.7 Å². The summed E-state index contributed by atoms with van der Waals surface area (Å²) in [5, 5.41) is 12.8. The lowest BCUT2D eigenvalue weighted by molar-refractivity contribution is -0.141. The molecule has 1 aromatic heterocycles. The molecule has 1 unspecified atom stereocenters. The van der Waals surface area contributed by atoms with Crippen LogP contribution in [0, 0.1) is 0 Å². The van der Waals surface area contributed by atoms with Crippen molar-refractivity contribution in [2.45, 2.75) is 18.9 Å². The number of hydrogen-bond donors (Lipinski definition) is 2. The Kier molecular flexibility index (Phi) is 3.43. The molecule has 0 spiro atoms. The number of benzene rings is 1. The van der Waals surface area contributed by atoms with Gasteiger partial charge in [-0.05, 0) is 37.1 Å². The van der Waals surface area contributed by atoms with Crippen LogP contribution in [0.25, 0.3) is 10.9 Å². The fourth-order valence-corrected chi connectivity index (χ4v) is 2.62. The monoisotopic (exact) mass is 285 g/mol. The van der Waals surface area contributed by atoms with E-state index in [-0.39, 0.29) is 6.03 Å². The van der Waals surface area contributed by atoms with Gasteiger partial charge in [-0.3, -0.25) is 4.98 Å². The number of fused-ring (bicyclic) bond motifs is 1. The molecule has 0 aliphatic carbocycles. The zero-order chi connectivity index (χ0) is 14.8. The summed E-state index contributed by atoms with van der Waals surface area (Å²) in [6.45, 7) is 0.470. The Labute approximate surface area is 121 Å². The van der Waals surface area contributed by atoms with Crippen LogP contribution < -0.4 is 5.32 Å². The molecule has 1 aliphatic heterocycles. The van der Waals surface area contributed by atoms with Crippen LogP contribution in [0.3, 0.4) is 0 Å². The predicted octanol–water partition coefficient (Wildman–Crippen LogP) is 2.32. The van der Waals surface area contributed by atoms with E-state index < -0.39 is 12.0 Å². The number of aliphatic carboxylic acids is 1. The second-order valence-corrected chi connectivity index (χ2v) is 5.03. The van der Waals surface area contributed by atoms with Crippen LogP contribution in [-0.2, 0) is 4.79 Å². The average Bonchev–Trinajstić information content (AvgIpc) is 2.97. The highest BCUT2D eigenvalue weighted by atomic mass is 16.4. The van der Waals surface area contributed by atoms with E-state index in [9.17, 15) is 9.59 Å². The lowest BCUT2D eigenvalue weighted by Crippen LogP contribution is -2.42. The highest BCUT2D eigenvalue weighted by Crippen LogP contribution is 2.21. The van der Waals surface area contributed by atoms with Gasteiger partial charge in [0, 0.05) is 23.8 Å². The minimum Gasteiger partial charge on any atom is -0.480 e. The van der Waals surface area contributed by atoms with Crippen LogP contribution in [-0.4, -0.2) is 39.6 Å². The Morgan fingerprint density at radius 3 is 3.00 bits per heavy atom. The molecule has 2 amide bonds. The number of aromatic nitrogens is 1. The van der Waals surface area contributed by atoms with Gasteiger partial charge in [0.15, 0.2) is 0 Å². The maximum absolute atomic E-state index is 12.2. The number of carbonyl (C=O) groups is 2. The Hall–Kier alpha value is -2.63. The highest BCUT2D eigenvalue weighted by Gasteiger charge is 2.33. The van der Waals surface area contributed by atoms with Crippen LogP contribution in [0.2, 0.25) is 0 Å². The average molecular weight is 285 g/mol. The van der Waals surface area contributed by atoms with Crippen LogP contribution in [0.15, 0.2) is 36.5 Å². The largest absolute Gasteiger partial charge is 0.480 e. The van der Waals surface area contributed by atoms with Crippen LogP contribution in [0.5, 0.6) is 0 Å². The second-order valence-electron chi connectivity index (χ2n) is 5.03. The summed E-state index contributed by atoms with van der Waals surface area (Å²) in [4.78, 5) is 28.9. The standard InChI is InChI=1S/C15H15N3O3/c19-14(20)13-4-2-8-18(13)15(21)17-11-5-6-12-10(9-11)3-1-7-16-12/h1,3,5-7,9,13H,2,4,8H2,(H,17,21)(H,19,20). The summed E-state index contributed by atoms with van der Waals surface area (Å²) >= 11 is 0. The second kappa shape index (κ2) is 5.40. The van der Waals surface area contributed by atoms with Crippen molar-refractivity contribution in [1.82, 2.24) is 9.88 Å². The Morgan fingerprint density at radius 1 is 1.33 bits per heavy atom. The molecule has 6 heteroatoms. The van der Waals surface area contributed by atoms with Gasteiger partial charge in [-0.2, -0.15) is 0 Å². The van der Waals surface area contributed by atoms with Crippen molar-refractivity contribution in [3.63, 3.8) is 0 Å². The van der Waals surface area contributed by atoms with Crippen molar-refractivity contribution in [1.29, 1.82) is 0 Å². The molecule has 1 aromatic carbocycles. The number of carbonyl (C=O) groups excluding carboxylic acids is 1. The van der Waals surface area contributed by atoms with E-state index in [1.807, 2.05) is 24.3 Å².